The second-order valence-corrected chi connectivity index (χ2v) is 4.99. The third kappa shape index (κ3) is 3.52. The van der Waals surface area contributed by atoms with Gasteiger partial charge in [-0.1, -0.05) is 60.7 Å². The first-order chi connectivity index (χ1) is 8.56. The van der Waals surface area contributed by atoms with Gasteiger partial charge in [-0.05, 0) is 11.1 Å². The normalized spacial score (nSPS) is 11.7. The smallest absolute Gasteiger partial charge is 0.303 e. The lowest BCUT2D eigenvalue weighted by Crippen LogP contribution is -2.04. The van der Waals surface area contributed by atoms with Gasteiger partial charge in [-0.2, -0.15) is 0 Å². The van der Waals surface area contributed by atoms with Crippen molar-refractivity contribution >= 4 is 7.82 Å². The topological polar surface area (TPSA) is 66.8 Å². The van der Waals surface area contributed by atoms with Gasteiger partial charge < -0.3 is 9.79 Å². The highest BCUT2D eigenvalue weighted by atomic mass is 31.2. The van der Waals surface area contributed by atoms with E-state index in [1.807, 2.05) is 12.1 Å². The van der Waals surface area contributed by atoms with Gasteiger partial charge in [0.1, 0.15) is 6.10 Å². The lowest BCUT2D eigenvalue weighted by molar-refractivity contribution is 0.158. The first-order valence-corrected chi connectivity index (χ1v) is 6.93. The molecule has 0 saturated carbocycles. The minimum Gasteiger partial charge on any atom is -0.303 e. The highest BCUT2D eigenvalue weighted by Gasteiger charge is 2.24. The minimum atomic E-state index is -4.55. The molecule has 0 aliphatic carbocycles. The van der Waals surface area contributed by atoms with Crippen LogP contribution in [0, 0.1) is 0 Å². The standard InChI is InChI=1S/C13H13O4P/c14-18(15,16)17-13(11-7-3-1-4-8-11)12-9-5-2-6-10-12/h1-10,13H,(H2,14,15,16). The zero-order valence-electron chi connectivity index (χ0n) is 9.51. The molecule has 0 spiro atoms. The molecular weight excluding hydrogens is 251 g/mol. The molecule has 0 amide bonds. The van der Waals surface area contributed by atoms with Gasteiger partial charge in [0.2, 0.25) is 0 Å². The SMILES string of the molecule is O=P(O)(O)OC(c1ccccc1)c1ccccc1. The van der Waals surface area contributed by atoms with Crippen LogP contribution in [0.3, 0.4) is 0 Å². The fourth-order valence-corrected chi connectivity index (χ4v) is 2.23. The van der Waals surface area contributed by atoms with E-state index >= 15 is 0 Å². The summed E-state index contributed by atoms with van der Waals surface area (Å²) in [5, 5.41) is 0. The molecule has 0 aliphatic heterocycles. The van der Waals surface area contributed by atoms with Gasteiger partial charge in [0.15, 0.2) is 0 Å². The van der Waals surface area contributed by atoms with Crippen molar-refractivity contribution in [2.24, 2.45) is 0 Å². The quantitative estimate of drug-likeness (QED) is 0.833. The minimum absolute atomic E-state index is 0.701. The Morgan fingerprint density at radius 2 is 1.22 bits per heavy atom. The van der Waals surface area contributed by atoms with Gasteiger partial charge in [-0.25, -0.2) is 4.57 Å². The van der Waals surface area contributed by atoms with Crippen LogP contribution in [0.1, 0.15) is 17.2 Å². The molecule has 2 aromatic rings. The highest BCUT2D eigenvalue weighted by Crippen LogP contribution is 2.44. The molecule has 2 aromatic carbocycles. The van der Waals surface area contributed by atoms with E-state index in [9.17, 15) is 4.57 Å². The van der Waals surface area contributed by atoms with Crippen LogP contribution in [0.25, 0.3) is 0 Å². The van der Waals surface area contributed by atoms with Crippen LogP contribution < -0.4 is 0 Å². The summed E-state index contributed by atoms with van der Waals surface area (Å²) in [4.78, 5) is 18.0. The van der Waals surface area contributed by atoms with Crippen LogP contribution in [0.4, 0.5) is 0 Å². The monoisotopic (exact) mass is 264 g/mol. The first kappa shape index (κ1) is 13.0. The number of rotatable bonds is 4. The number of phosphoric ester groups is 1. The molecule has 94 valence electrons. The molecule has 0 radical (unpaired) electrons. The molecule has 0 atom stereocenters. The fraction of sp³-hybridized carbons (Fsp3) is 0.0769. The average Bonchev–Trinajstić information content (AvgIpc) is 2.37. The lowest BCUT2D eigenvalue weighted by atomic mass is 10.0. The fourth-order valence-electron chi connectivity index (χ4n) is 1.71. The maximum Gasteiger partial charge on any atom is 0.470 e. The highest BCUT2D eigenvalue weighted by molar-refractivity contribution is 7.46. The Labute approximate surface area is 105 Å². The van der Waals surface area contributed by atoms with Gasteiger partial charge >= 0.3 is 7.82 Å². The maximum atomic E-state index is 11.1. The van der Waals surface area contributed by atoms with E-state index in [0.29, 0.717) is 11.1 Å². The summed E-state index contributed by atoms with van der Waals surface area (Å²) in [5.74, 6) is 0. The van der Waals surface area contributed by atoms with Gasteiger partial charge in [0.25, 0.3) is 0 Å². The van der Waals surface area contributed by atoms with Crippen molar-refractivity contribution in [3.05, 3.63) is 71.8 Å². The van der Waals surface area contributed by atoms with E-state index in [-0.39, 0.29) is 0 Å². The Morgan fingerprint density at radius 1 is 0.833 bits per heavy atom. The average molecular weight is 264 g/mol. The zero-order chi connectivity index (χ0) is 13.0. The predicted octanol–water partition coefficient (Wildman–Crippen LogP) is 2.89. The molecule has 0 unspecified atom stereocenters. The van der Waals surface area contributed by atoms with E-state index in [0.717, 1.165) is 0 Å². The van der Waals surface area contributed by atoms with E-state index in [1.54, 1.807) is 48.5 Å². The molecule has 2 rings (SSSR count). The molecule has 0 fully saturated rings. The summed E-state index contributed by atoms with van der Waals surface area (Å²) in [5.41, 5.74) is 1.40. The van der Waals surface area contributed by atoms with Crippen LogP contribution in [0.15, 0.2) is 60.7 Å². The van der Waals surface area contributed by atoms with Crippen molar-refractivity contribution in [2.75, 3.05) is 0 Å². The molecule has 0 aromatic heterocycles. The molecule has 0 bridgehead atoms. The van der Waals surface area contributed by atoms with Crippen LogP contribution in [0.5, 0.6) is 0 Å². The summed E-state index contributed by atoms with van der Waals surface area (Å²) in [6.07, 6.45) is -0.770. The largest absolute Gasteiger partial charge is 0.470 e. The van der Waals surface area contributed by atoms with Crippen molar-refractivity contribution in [3.8, 4) is 0 Å². The number of benzene rings is 2. The second kappa shape index (κ2) is 5.46. The third-order valence-electron chi connectivity index (χ3n) is 2.45. The van der Waals surface area contributed by atoms with Crippen LogP contribution in [0.2, 0.25) is 0 Å². The summed E-state index contributed by atoms with van der Waals surface area (Å²) in [6, 6.07) is 18.0. The molecular formula is C13H13O4P. The van der Waals surface area contributed by atoms with Crippen LogP contribution in [-0.2, 0) is 9.09 Å². The van der Waals surface area contributed by atoms with E-state index in [1.165, 1.54) is 0 Å². The third-order valence-corrected chi connectivity index (χ3v) is 2.93. The molecule has 18 heavy (non-hydrogen) atoms. The van der Waals surface area contributed by atoms with Crippen molar-refractivity contribution in [1.82, 2.24) is 0 Å². The second-order valence-electron chi connectivity index (χ2n) is 3.80. The number of phosphoric acid groups is 1. The molecule has 5 heteroatoms. The van der Waals surface area contributed by atoms with Crippen molar-refractivity contribution < 1.29 is 18.9 Å². The maximum absolute atomic E-state index is 11.1. The van der Waals surface area contributed by atoms with Gasteiger partial charge in [-0.3, -0.25) is 4.52 Å². The lowest BCUT2D eigenvalue weighted by Gasteiger charge is -2.19. The Balaban J connectivity index is 2.39. The summed E-state index contributed by atoms with van der Waals surface area (Å²) < 4.78 is 15.9. The van der Waals surface area contributed by atoms with Crippen LogP contribution >= 0.6 is 7.82 Å². The Hall–Kier alpha value is -1.45. The Kier molecular flexibility index (Phi) is 3.94. The molecule has 4 nitrogen and oxygen atoms in total. The predicted molar refractivity (Wildman–Crippen MR) is 67.9 cm³/mol. The Morgan fingerprint density at radius 3 is 1.56 bits per heavy atom. The summed E-state index contributed by atoms with van der Waals surface area (Å²) in [7, 11) is -4.55. The Bertz CT molecular complexity index is 496. The van der Waals surface area contributed by atoms with E-state index < -0.39 is 13.9 Å². The molecule has 2 N–H and O–H groups in total. The zero-order valence-corrected chi connectivity index (χ0v) is 10.4. The van der Waals surface area contributed by atoms with Gasteiger partial charge in [-0.15, -0.1) is 0 Å². The summed E-state index contributed by atoms with van der Waals surface area (Å²) >= 11 is 0. The van der Waals surface area contributed by atoms with Crippen molar-refractivity contribution in [1.29, 1.82) is 0 Å². The van der Waals surface area contributed by atoms with Crippen LogP contribution in [-0.4, -0.2) is 9.79 Å². The first-order valence-electron chi connectivity index (χ1n) is 5.40. The van der Waals surface area contributed by atoms with E-state index in [4.69, 9.17) is 14.3 Å². The molecule has 0 saturated heterocycles. The van der Waals surface area contributed by atoms with Crippen molar-refractivity contribution in [3.63, 3.8) is 0 Å². The van der Waals surface area contributed by atoms with Gasteiger partial charge in [0, 0.05) is 0 Å². The molecule has 0 aliphatic rings. The summed E-state index contributed by atoms with van der Waals surface area (Å²) in [6.45, 7) is 0. The molecule has 0 heterocycles. The van der Waals surface area contributed by atoms with Gasteiger partial charge in [0.05, 0.1) is 0 Å². The number of hydrogen-bond acceptors (Lipinski definition) is 2. The van der Waals surface area contributed by atoms with Crippen molar-refractivity contribution in [2.45, 2.75) is 6.10 Å². The van der Waals surface area contributed by atoms with E-state index in [2.05, 4.69) is 0 Å². The number of hydrogen-bond donors (Lipinski definition) is 2.